The molecule has 1 heterocycles. The van der Waals surface area contributed by atoms with Gasteiger partial charge >= 0.3 is 0 Å². The molecule has 4 N–H and O–H groups in total. The van der Waals surface area contributed by atoms with E-state index in [-0.39, 0.29) is 17.7 Å². The molecule has 0 fully saturated rings. The lowest BCUT2D eigenvalue weighted by Crippen LogP contribution is -2.39. The van der Waals surface area contributed by atoms with Gasteiger partial charge in [-0.15, -0.1) is 0 Å². The molecule has 5 nitrogen and oxygen atoms in total. The Morgan fingerprint density at radius 2 is 2.40 bits per heavy atom. The summed E-state index contributed by atoms with van der Waals surface area (Å²) in [4.78, 5) is 15.3. The van der Waals surface area contributed by atoms with Crippen LogP contribution in [-0.2, 0) is 0 Å². The third-order valence-electron chi connectivity index (χ3n) is 2.10. The van der Waals surface area contributed by atoms with E-state index in [1.165, 1.54) is 18.5 Å². The highest BCUT2D eigenvalue weighted by atomic mass is 16.3. The molecule has 1 aromatic rings. The van der Waals surface area contributed by atoms with Crippen LogP contribution in [-0.4, -0.2) is 28.6 Å². The number of hydrogen-bond acceptors (Lipinski definition) is 4. The molecule has 0 bridgehead atoms. The summed E-state index contributed by atoms with van der Waals surface area (Å²) in [5, 5.41) is 11.9. The van der Waals surface area contributed by atoms with Crippen molar-refractivity contribution < 1.29 is 9.90 Å². The van der Waals surface area contributed by atoms with E-state index >= 15 is 0 Å². The average molecular weight is 209 g/mol. The maximum atomic E-state index is 11.6. The molecule has 0 aromatic carbocycles. The van der Waals surface area contributed by atoms with Gasteiger partial charge in [0, 0.05) is 18.8 Å². The zero-order chi connectivity index (χ0) is 11.3. The zero-order valence-electron chi connectivity index (χ0n) is 8.60. The number of nitrogens with one attached hydrogen (secondary N) is 1. The number of carbonyl (C=O) groups is 1. The molecule has 5 heteroatoms. The largest absolute Gasteiger partial charge is 0.506 e. The topological polar surface area (TPSA) is 88.2 Å². The SMILES string of the molecule is CCC(CN)NC(=O)c1cncc(O)c1. The van der Waals surface area contributed by atoms with Crippen LogP contribution in [0.3, 0.4) is 0 Å². The second-order valence-electron chi connectivity index (χ2n) is 3.25. The van der Waals surface area contributed by atoms with Gasteiger partial charge in [-0.05, 0) is 12.5 Å². The molecule has 0 spiro atoms. The summed E-state index contributed by atoms with van der Waals surface area (Å²) in [5.74, 6) is -0.292. The maximum absolute atomic E-state index is 11.6. The Morgan fingerprint density at radius 3 is 2.93 bits per heavy atom. The van der Waals surface area contributed by atoms with Crippen LogP contribution in [0, 0.1) is 0 Å². The van der Waals surface area contributed by atoms with Crippen molar-refractivity contribution in [1.29, 1.82) is 0 Å². The van der Waals surface area contributed by atoms with Crippen molar-refractivity contribution in [3.8, 4) is 5.75 Å². The van der Waals surface area contributed by atoms with Gasteiger partial charge in [-0.3, -0.25) is 9.78 Å². The first-order valence-corrected chi connectivity index (χ1v) is 4.82. The van der Waals surface area contributed by atoms with Gasteiger partial charge in [0.15, 0.2) is 0 Å². The first-order valence-electron chi connectivity index (χ1n) is 4.82. The summed E-state index contributed by atoms with van der Waals surface area (Å²) in [5.41, 5.74) is 5.79. The van der Waals surface area contributed by atoms with Crippen LogP contribution in [0.4, 0.5) is 0 Å². The van der Waals surface area contributed by atoms with Crippen LogP contribution in [0.5, 0.6) is 5.75 Å². The second kappa shape index (κ2) is 5.31. The highest BCUT2D eigenvalue weighted by Crippen LogP contribution is 2.08. The molecular formula is C10H15N3O2. The standard InChI is InChI=1S/C10H15N3O2/c1-2-8(4-11)13-10(15)7-3-9(14)6-12-5-7/h3,5-6,8,14H,2,4,11H2,1H3,(H,13,15). The number of carbonyl (C=O) groups excluding carboxylic acids is 1. The molecule has 1 rings (SSSR count). The number of aromatic nitrogens is 1. The predicted molar refractivity (Wildman–Crippen MR) is 56.5 cm³/mol. The van der Waals surface area contributed by atoms with Crippen molar-refractivity contribution in [2.24, 2.45) is 5.73 Å². The molecule has 0 aliphatic rings. The quantitative estimate of drug-likeness (QED) is 0.663. The van der Waals surface area contributed by atoms with E-state index in [4.69, 9.17) is 10.8 Å². The van der Waals surface area contributed by atoms with Gasteiger partial charge in [0.1, 0.15) is 5.75 Å². The van der Waals surface area contributed by atoms with Crippen LogP contribution < -0.4 is 11.1 Å². The lowest BCUT2D eigenvalue weighted by atomic mass is 10.2. The van der Waals surface area contributed by atoms with Crippen LogP contribution >= 0.6 is 0 Å². The molecule has 0 aliphatic heterocycles. The summed E-state index contributed by atoms with van der Waals surface area (Å²) in [6, 6.07) is 1.32. The number of hydrogen-bond donors (Lipinski definition) is 3. The van der Waals surface area contributed by atoms with E-state index in [1.807, 2.05) is 6.92 Å². The summed E-state index contributed by atoms with van der Waals surface area (Å²) < 4.78 is 0. The summed E-state index contributed by atoms with van der Waals surface area (Å²) in [7, 11) is 0. The van der Waals surface area contributed by atoms with Crippen LogP contribution in [0.1, 0.15) is 23.7 Å². The highest BCUT2D eigenvalue weighted by Gasteiger charge is 2.11. The van der Waals surface area contributed by atoms with Crippen LogP contribution in [0.25, 0.3) is 0 Å². The monoisotopic (exact) mass is 209 g/mol. The van der Waals surface area contributed by atoms with Crippen molar-refractivity contribution in [2.75, 3.05) is 6.54 Å². The summed E-state index contributed by atoms with van der Waals surface area (Å²) >= 11 is 0. The molecule has 15 heavy (non-hydrogen) atoms. The molecule has 1 unspecified atom stereocenters. The Bertz CT molecular complexity index is 337. The smallest absolute Gasteiger partial charge is 0.253 e. The minimum Gasteiger partial charge on any atom is -0.506 e. The molecule has 1 atom stereocenters. The molecule has 82 valence electrons. The average Bonchev–Trinajstić information content (AvgIpc) is 2.25. The van der Waals surface area contributed by atoms with Crippen LogP contribution in [0.2, 0.25) is 0 Å². The first kappa shape index (κ1) is 11.5. The van der Waals surface area contributed by atoms with Crippen molar-refractivity contribution in [3.63, 3.8) is 0 Å². The number of aromatic hydroxyl groups is 1. The molecule has 0 aliphatic carbocycles. The summed E-state index contributed by atoms with van der Waals surface area (Å²) in [6.45, 7) is 2.34. The second-order valence-corrected chi connectivity index (χ2v) is 3.25. The Balaban J connectivity index is 2.68. The zero-order valence-corrected chi connectivity index (χ0v) is 8.60. The molecule has 0 saturated heterocycles. The van der Waals surface area contributed by atoms with Crippen molar-refractivity contribution in [2.45, 2.75) is 19.4 Å². The van der Waals surface area contributed by atoms with Gasteiger partial charge < -0.3 is 16.2 Å². The van der Waals surface area contributed by atoms with E-state index in [0.29, 0.717) is 12.1 Å². The fraction of sp³-hybridized carbons (Fsp3) is 0.400. The molecule has 1 aromatic heterocycles. The number of nitrogens with zero attached hydrogens (tertiary/aromatic N) is 1. The van der Waals surface area contributed by atoms with Gasteiger partial charge in [0.2, 0.25) is 0 Å². The van der Waals surface area contributed by atoms with Gasteiger partial charge in [0.25, 0.3) is 5.91 Å². The Hall–Kier alpha value is -1.62. The first-order chi connectivity index (χ1) is 7.17. The normalized spacial score (nSPS) is 12.1. The lowest BCUT2D eigenvalue weighted by Gasteiger charge is -2.14. The summed E-state index contributed by atoms with van der Waals surface area (Å²) in [6.07, 6.45) is 3.45. The molecule has 1 amide bonds. The maximum Gasteiger partial charge on any atom is 0.253 e. The van der Waals surface area contributed by atoms with Gasteiger partial charge in [-0.1, -0.05) is 6.92 Å². The fourth-order valence-electron chi connectivity index (χ4n) is 1.15. The number of pyridine rings is 1. The van der Waals surface area contributed by atoms with Gasteiger partial charge in [-0.25, -0.2) is 0 Å². The third-order valence-corrected chi connectivity index (χ3v) is 2.10. The van der Waals surface area contributed by atoms with E-state index < -0.39 is 0 Å². The van der Waals surface area contributed by atoms with Crippen LogP contribution in [0.15, 0.2) is 18.5 Å². The predicted octanol–water partition coefficient (Wildman–Crippen LogP) is 0.254. The fourth-order valence-corrected chi connectivity index (χ4v) is 1.15. The van der Waals surface area contributed by atoms with E-state index in [0.717, 1.165) is 6.42 Å². The molecule has 0 radical (unpaired) electrons. The number of nitrogens with two attached hydrogens (primary N) is 1. The Labute approximate surface area is 88.3 Å². The number of rotatable bonds is 4. The third kappa shape index (κ3) is 3.21. The van der Waals surface area contributed by atoms with Crippen molar-refractivity contribution in [1.82, 2.24) is 10.3 Å². The minimum atomic E-state index is -0.268. The van der Waals surface area contributed by atoms with E-state index in [2.05, 4.69) is 10.3 Å². The Kier molecular flexibility index (Phi) is 4.05. The Morgan fingerprint density at radius 1 is 1.67 bits per heavy atom. The van der Waals surface area contributed by atoms with E-state index in [9.17, 15) is 4.79 Å². The lowest BCUT2D eigenvalue weighted by molar-refractivity contribution is 0.0936. The molecular weight excluding hydrogens is 194 g/mol. The van der Waals surface area contributed by atoms with Gasteiger partial charge in [-0.2, -0.15) is 0 Å². The van der Waals surface area contributed by atoms with Crippen molar-refractivity contribution >= 4 is 5.91 Å². The van der Waals surface area contributed by atoms with Gasteiger partial charge in [0.05, 0.1) is 11.8 Å². The minimum absolute atomic E-state index is 0.0246. The molecule has 0 saturated carbocycles. The van der Waals surface area contributed by atoms with E-state index in [1.54, 1.807) is 0 Å². The highest BCUT2D eigenvalue weighted by molar-refractivity contribution is 5.94. The number of amides is 1. The van der Waals surface area contributed by atoms with Crippen molar-refractivity contribution in [3.05, 3.63) is 24.0 Å².